The lowest BCUT2D eigenvalue weighted by Crippen LogP contribution is -2.58. The number of hydrogen-bond donors (Lipinski definition) is 2. The number of ether oxygens (including phenoxy) is 2. The molecule has 2 aromatic carbocycles. The highest BCUT2D eigenvalue weighted by Gasteiger charge is 2.40. The summed E-state index contributed by atoms with van der Waals surface area (Å²) in [6.07, 6.45) is 0.304. The van der Waals surface area contributed by atoms with Gasteiger partial charge in [-0.2, -0.15) is 0 Å². The van der Waals surface area contributed by atoms with Gasteiger partial charge in [-0.05, 0) is 43.7 Å². The van der Waals surface area contributed by atoms with E-state index in [1.54, 1.807) is 25.1 Å². The van der Waals surface area contributed by atoms with E-state index in [2.05, 4.69) is 5.32 Å². The Hall–Kier alpha value is -2.28. The number of aliphatic hydroxyl groups is 1. The molecule has 6 nitrogen and oxygen atoms in total. The van der Waals surface area contributed by atoms with Gasteiger partial charge in [-0.25, -0.2) is 0 Å². The molecule has 1 aliphatic rings. The highest BCUT2D eigenvalue weighted by atomic mass is 35.5. The smallest absolute Gasteiger partial charge is 0.238 e. The fourth-order valence-electron chi connectivity index (χ4n) is 3.38. The summed E-state index contributed by atoms with van der Waals surface area (Å²) in [5.41, 5.74) is -0.456. The van der Waals surface area contributed by atoms with Crippen LogP contribution in [0, 0.1) is 0 Å². The normalized spacial score (nSPS) is 22.5. The third-order valence-electron chi connectivity index (χ3n) is 4.77. The fourth-order valence-corrected chi connectivity index (χ4v) is 3.63. The van der Waals surface area contributed by atoms with Crippen LogP contribution in [0.3, 0.4) is 0 Å². The Morgan fingerprint density at radius 3 is 2.71 bits per heavy atom. The predicted octanol–water partition coefficient (Wildman–Crippen LogP) is 3.19. The van der Waals surface area contributed by atoms with Crippen molar-refractivity contribution in [3.63, 3.8) is 0 Å². The summed E-state index contributed by atoms with van der Waals surface area (Å²) in [6.45, 7) is 2.93. The molecule has 0 unspecified atom stereocenters. The zero-order chi connectivity index (χ0) is 20.1. The number of nitrogens with zero attached hydrogens (tertiary/aromatic N) is 1. The minimum absolute atomic E-state index is 0.167. The van der Waals surface area contributed by atoms with Crippen molar-refractivity contribution in [2.24, 2.45) is 0 Å². The van der Waals surface area contributed by atoms with Gasteiger partial charge in [0.25, 0.3) is 0 Å². The van der Waals surface area contributed by atoms with Crippen LogP contribution >= 0.6 is 11.6 Å². The molecule has 2 N–H and O–H groups in total. The van der Waals surface area contributed by atoms with Crippen molar-refractivity contribution in [1.29, 1.82) is 0 Å². The number of carbonyl (C=O) groups is 1. The van der Waals surface area contributed by atoms with Crippen LogP contribution < -0.4 is 14.8 Å². The summed E-state index contributed by atoms with van der Waals surface area (Å²) >= 11 is 6.09. The quantitative estimate of drug-likeness (QED) is 0.773. The van der Waals surface area contributed by atoms with Crippen LogP contribution in [0.1, 0.15) is 13.3 Å². The van der Waals surface area contributed by atoms with Gasteiger partial charge in [0.2, 0.25) is 5.91 Å². The third kappa shape index (κ3) is 5.16. The first-order valence-corrected chi connectivity index (χ1v) is 9.55. The van der Waals surface area contributed by atoms with E-state index in [1.807, 2.05) is 35.2 Å². The molecular weight excluding hydrogens is 380 g/mol. The number of nitrogens with one attached hydrogen (secondary N) is 1. The van der Waals surface area contributed by atoms with Gasteiger partial charge in [0.1, 0.15) is 23.2 Å². The molecule has 1 saturated heterocycles. The number of anilines is 1. The second-order valence-corrected chi connectivity index (χ2v) is 7.58. The Kier molecular flexibility index (Phi) is 6.44. The molecule has 150 valence electrons. The van der Waals surface area contributed by atoms with Crippen molar-refractivity contribution >= 4 is 23.2 Å². The Morgan fingerprint density at radius 2 is 2.07 bits per heavy atom. The van der Waals surface area contributed by atoms with E-state index in [0.29, 0.717) is 36.0 Å². The number of likely N-dealkylation sites (tertiary alicyclic amines) is 1. The molecule has 0 aliphatic carbocycles. The highest BCUT2D eigenvalue weighted by Crippen LogP contribution is 2.28. The second-order valence-electron chi connectivity index (χ2n) is 7.17. The van der Waals surface area contributed by atoms with E-state index in [4.69, 9.17) is 21.1 Å². The Morgan fingerprint density at radius 1 is 1.32 bits per heavy atom. The number of halogens is 1. The molecule has 1 fully saturated rings. The monoisotopic (exact) mass is 404 g/mol. The Bertz CT molecular complexity index is 813. The van der Waals surface area contributed by atoms with Gasteiger partial charge < -0.3 is 19.9 Å². The SMILES string of the molecule is COc1ccc(NC(=O)CN2CC[C@H](Oc3ccccc3)[C@@](C)(O)C2)cc1Cl. The highest BCUT2D eigenvalue weighted by molar-refractivity contribution is 6.32. The number of amides is 1. The summed E-state index contributed by atoms with van der Waals surface area (Å²) in [5, 5.41) is 14.1. The summed E-state index contributed by atoms with van der Waals surface area (Å²) in [6, 6.07) is 14.5. The van der Waals surface area contributed by atoms with E-state index >= 15 is 0 Å². The molecule has 28 heavy (non-hydrogen) atoms. The van der Waals surface area contributed by atoms with E-state index in [9.17, 15) is 9.90 Å². The average molecular weight is 405 g/mol. The van der Waals surface area contributed by atoms with E-state index in [-0.39, 0.29) is 18.6 Å². The first-order chi connectivity index (χ1) is 13.4. The van der Waals surface area contributed by atoms with Gasteiger partial charge in [0.15, 0.2) is 0 Å². The molecule has 2 atom stereocenters. The molecule has 0 spiro atoms. The minimum atomic E-state index is -1.06. The van der Waals surface area contributed by atoms with Crippen LogP contribution in [0.2, 0.25) is 5.02 Å². The molecule has 3 rings (SSSR count). The number of methoxy groups -OCH3 is 1. The molecule has 7 heteroatoms. The number of rotatable bonds is 6. The van der Waals surface area contributed by atoms with E-state index in [1.165, 1.54) is 7.11 Å². The van der Waals surface area contributed by atoms with Crippen molar-refractivity contribution in [3.05, 3.63) is 53.6 Å². The number of benzene rings is 2. The lowest BCUT2D eigenvalue weighted by Gasteiger charge is -2.42. The number of piperidine rings is 1. The zero-order valence-electron chi connectivity index (χ0n) is 16.0. The Balaban J connectivity index is 1.54. The van der Waals surface area contributed by atoms with Gasteiger partial charge in [0.05, 0.1) is 18.7 Å². The van der Waals surface area contributed by atoms with Crippen molar-refractivity contribution in [3.8, 4) is 11.5 Å². The third-order valence-corrected chi connectivity index (χ3v) is 5.06. The Labute approximate surface area is 170 Å². The first kappa shape index (κ1) is 20.5. The molecule has 0 aromatic heterocycles. The summed E-state index contributed by atoms with van der Waals surface area (Å²) < 4.78 is 11.1. The molecule has 0 saturated carbocycles. The van der Waals surface area contributed by atoms with Crippen LogP contribution in [-0.4, -0.2) is 54.4 Å². The fraction of sp³-hybridized carbons (Fsp3) is 0.381. The standard InChI is InChI=1S/C21H25ClN2O4/c1-21(26)14-24(11-10-19(21)28-16-6-4-3-5-7-16)13-20(25)23-15-8-9-18(27-2)17(22)12-15/h3-9,12,19,26H,10-11,13-14H2,1-2H3,(H,23,25)/t19-,21-/m0/s1. The summed E-state index contributed by atoms with van der Waals surface area (Å²) in [7, 11) is 1.54. The van der Waals surface area contributed by atoms with Crippen LogP contribution in [0.4, 0.5) is 5.69 Å². The van der Waals surface area contributed by atoms with Crippen LogP contribution in [0.5, 0.6) is 11.5 Å². The van der Waals surface area contributed by atoms with Crippen molar-refractivity contribution in [2.75, 3.05) is 32.1 Å². The predicted molar refractivity (Wildman–Crippen MR) is 109 cm³/mol. The molecule has 0 radical (unpaired) electrons. The van der Waals surface area contributed by atoms with Gasteiger partial charge in [0, 0.05) is 18.8 Å². The van der Waals surface area contributed by atoms with Crippen LogP contribution in [-0.2, 0) is 4.79 Å². The lowest BCUT2D eigenvalue weighted by atomic mass is 9.91. The molecule has 1 heterocycles. The van der Waals surface area contributed by atoms with Gasteiger partial charge >= 0.3 is 0 Å². The summed E-state index contributed by atoms with van der Waals surface area (Å²) in [5.74, 6) is 1.12. The number of para-hydroxylation sites is 1. The van der Waals surface area contributed by atoms with Crippen molar-refractivity contribution in [2.45, 2.75) is 25.0 Å². The zero-order valence-corrected chi connectivity index (χ0v) is 16.8. The molecule has 1 amide bonds. The van der Waals surface area contributed by atoms with Gasteiger partial charge in [-0.3, -0.25) is 9.69 Å². The molecular formula is C21H25ClN2O4. The average Bonchev–Trinajstić information content (AvgIpc) is 2.64. The van der Waals surface area contributed by atoms with Crippen LogP contribution in [0.15, 0.2) is 48.5 Å². The van der Waals surface area contributed by atoms with E-state index in [0.717, 1.165) is 5.75 Å². The van der Waals surface area contributed by atoms with Crippen LogP contribution in [0.25, 0.3) is 0 Å². The van der Waals surface area contributed by atoms with Crippen molar-refractivity contribution in [1.82, 2.24) is 4.90 Å². The van der Waals surface area contributed by atoms with Gasteiger partial charge in [-0.15, -0.1) is 0 Å². The second kappa shape index (κ2) is 8.82. The maximum atomic E-state index is 12.4. The topological polar surface area (TPSA) is 71.0 Å². The first-order valence-electron chi connectivity index (χ1n) is 9.17. The van der Waals surface area contributed by atoms with Crippen molar-refractivity contribution < 1.29 is 19.4 Å². The maximum Gasteiger partial charge on any atom is 0.238 e. The lowest BCUT2D eigenvalue weighted by molar-refractivity contribution is -0.123. The van der Waals surface area contributed by atoms with Gasteiger partial charge in [-0.1, -0.05) is 29.8 Å². The number of carbonyl (C=O) groups excluding carboxylic acids is 1. The largest absolute Gasteiger partial charge is 0.495 e. The molecule has 1 aliphatic heterocycles. The number of β-amino-alcohol motifs (C(OH)–C–C–N with tert-alkyl or cyclic N) is 1. The summed E-state index contributed by atoms with van der Waals surface area (Å²) in [4.78, 5) is 14.3. The maximum absolute atomic E-state index is 12.4. The minimum Gasteiger partial charge on any atom is -0.495 e. The molecule has 2 aromatic rings. The molecule has 0 bridgehead atoms. The van der Waals surface area contributed by atoms with E-state index < -0.39 is 5.60 Å². The number of hydrogen-bond acceptors (Lipinski definition) is 5.